The lowest BCUT2D eigenvalue weighted by atomic mass is 10.2. The van der Waals surface area contributed by atoms with Crippen LogP contribution in [0.4, 0.5) is 17.6 Å². The molecule has 0 amide bonds. The van der Waals surface area contributed by atoms with Crippen LogP contribution in [-0.4, -0.2) is 62.0 Å². The lowest BCUT2D eigenvalue weighted by Crippen LogP contribution is -2.47. The molecule has 1 saturated heterocycles. The van der Waals surface area contributed by atoms with Gasteiger partial charge in [0, 0.05) is 6.42 Å². The molecule has 1 rings (SSSR count). The van der Waals surface area contributed by atoms with Gasteiger partial charge in [-0.2, -0.15) is 26.0 Å². The van der Waals surface area contributed by atoms with Crippen molar-refractivity contribution in [3.63, 3.8) is 0 Å². The van der Waals surface area contributed by atoms with Gasteiger partial charge in [0.15, 0.2) is 0 Å². The minimum atomic E-state index is -6.31. The van der Waals surface area contributed by atoms with Crippen molar-refractivity contribution in [3.8, 4) is 0 Å². The number of alkyl halides is 4. The predicted molar refractivity (Wildman–Crippen MR) is 71.5 cm³/mol. The summed E-state index contributed by atoms with van der Waals surface area (Å²) in [5, 5.41) is -5.69. The van der Waals surface area contributed by atoms with Crippen LogP contribution in [-0.2, 0) is 33.9 Å². The lowest BCUT2D eigenvalue weighted by molar-refractivity contribution is -0.170. The van der Waals surface area contributed by atoms with Crippen LogP contribution in [0, 0.1) is 0 Å². The van der Waals surface area contributed by atoms with Gasteiger partial charge >= 0.3 is 33.2 Å². The highest BCUT2D eigenvalue weighted by Crippen LogP contribution is 2.40. The quantitative estimate of drug-likeness (QED) is 0.202. The number of cyclic esters (lactones) is 1. The fourth-order valence-electron chi connectivity index (χ4n) is 1.59. The zero-order valence-corrected chi connectivity index (χ0v) is 13.4. The lowest BCUT2D eigenvalue weighted by Gasteiger charge is -2.23. The van der Waals surface area contributed by atoms with Gasteiger partial charge in [-0.05, 0) is 0 Å². The highest BCUT2D eigenvalue weighted by atomic mass is 32.2. The van der Waals surface area contributed by atoms with Crippen LogP contribution in [0.1, 0.15) is 12.8 Å². The Morgan fingerprint density at radius 1 is 1.36 bits per heavy atom. The molecule has 1 unspecified atom stereocenters. The summed E-state index contributed by atoms with van der Waals surface area (Å²) < 4.78 is 94.8. The molecular formula is C12H14F4O8S. The first-order valence-corrected chi connectivity index (χ1v) is 8.06. The second-order valence-corrected chi connectivity index (χ2v) is 6.48. The molecule has 0 bridgehead atoms. The third-order valence-electron chi connectivity index (χ3n) is 2.97. The molecule has 1 N–H and O–H groups in total. The monoisotopic (exact) mass is 394 g/mol. The third-order valence-corrected chi connectivity index (χ3v) is 3.92. The number of ether oxygens (including phenoxy) is 3. The van der Waals surface area contributed by atoms with Crippen molar-refractivity contribution in [1.29, 1.82) is 0 Å². The summed E-state index contributed by atoms with van der Waals surface area (Å²) in [5.74, 6) is -6.66. The number of carbonyl (C=O) groups excluding carboxylic acids is 2. The molecule has 8 nitrogen and oxygen atoms in total. The van der Waals surface area contributed by atoms with Gasteiger partial charge in [0.25, 0.3) is 0 Å². The number of halogens is 4. The second kappa shape index (κ2) is 7.66. The van der Waals surface area contributed by atoms with E-state index in [1.54, 1.807) is 0 Å². The van der Waals surface area contributed by atoms with Crippen molar-refractivity contribution in [2.75, 3.05) is 19.8 Å². The standard InChI is InChI=1S/C12H14F4O8S/c1-7(10(18)24-8-4-9(17)23-6-8)5-22-3-2-11(13,14)12(15,16)25(19,20)21/h8H,1-6H2,(H,19,20,21). The Bertz CT molecular complexity index is 646. The summed E-state index contributed by atoms with van der Waals surface area (Å²) >= 11 is 0. The van der Waals surface area contributed by atoms with Gasteiger partial charge in [0.1, 0.15) is 12.7 Å². The van der Waals surface area contributed by atoms with Gasteiger partial charge in [-0.25, -0.2) is 4.79 Å². The maximum Gasteiger partial charge on any atom is 0.431 e. The average Bonchev–Trinajstić information content (AvgIpc) is 2.87. The van der Waals surface area contributed by atoms with E-state index in [0.717, 1.165) is 0 Å². The molecule has 13 heteroatoms. The van der Waals surface area contributed by atoms with E-state index in [4.69, 9.17) is 9.29 Å². The smallest absolute Gasteiger partial charge is 0.431 e. The van der Waals surface area contributed by atoms with Gasteiger partial charge < -0.3 is 14.2 Å². The van der Waals surface area contributed by atoms with Crippen LogP contribution in [0.3, 0.4) is 0 Å². The summed E-state index contributed by atoms with van der Waals surface area (Å²) in [7, 11) is -6.31. The fraction of sp³-hybridized carbons (Fsp3) is 0.667. The molecule has 0 radical (unpaired) electrons. The molecule has 0 aromatic rings. The summed E-state index contributed by atoms with van der Waals surface area (Å²) in [6.07, 6.45) is -2.72. The first-order chi connectivity index (χ1) is 11.3. The Morgan fingerprint density at radius 2 is 1.96 bits per heavy atom. The van der Waals surface area contributed by atoms with Crippen molar-refractivity contribution >= 4 is 22.1 Å². The van der Waals surface area contributed by atoms with E-state index in [1.807, 2.05) is 0 Å². The minimum absolute atomic E-state index is 0.143. The molecule has 0 aromatic heterocycles. The minimum Gasteiger partial charge on any atom is -0.462 e. The van der Waals surface area contributed by atoms with E-state index in [9.17, 15) is 35.6 Å². The first-order valence-electron chi connectivity index (χ1n) is 6.62. The molecule has 0 spiro atoms. The molecule has 144 valence electrons. The van der Waals surface area contributed by atoms with E-state index < -0.39 is 59.0 Å². The normalized spacial score (nSPS) is 18.8. The number of carbonyl (C=O) groups is 2. The maximum absolute atomic E-state index is 13.2. The second-order valence-electron chi connectivity index (χ2n) is 5.02. The van der Waals surface area contributed by atoms with Gasteiger partial charge in [-0.3, -0.25) is 9.35 Å². The van der Waals surface area contributed by atoms with Crippen LogP contribution in [0.5, 0.6) is 0 Å². The number of rotatable bonds is 9. The van der Waals surface area contributed by atoms with Crippen molar-refractivity contribution in [3.05, 3.63) is 12.2 Å². The maximum atomic E-state index is 13.2. The van der Waals surface area contributed by atoms with E-state index in [0.29, 0.717) is 0 Å². The Balaban J connectivity index is 2.40. The van der Waals surface area contributed by atoms with E-state index in [-0.39, 0.29) is 18.6 Å². The van der Waals surface area contributed by atoms with Crippen LogP contribution in [0.2, 0.25) is 0 Å². The topological polar surface area (TPSA) is 116 Å². The van der Waals surface area contributed by atoms with Gasteiger partial charge in [-0.1, -0.05) is 6.58 Å². The third kappa shape index (κ3) is 5.37. The highest BCUT2D eigenvalue weighted by Gasteiger charge is 2.65. The number of esters is 2. The van der Waals surface area contributed by atoms with Gasteiger partial charge in [0.2, 0.25) is 0 Å². The predicted octanol–water partition coefficient (Wildman–Crippen LogP) is 0.924. The molecule has 0 saturated carbocycles. The molecule has 1 aliphatic rings. The average molecular weight is 394 g/mol. The van der Waals surface area contributed by atoms with Crippen LogP contribution >= 0.6 is 0 Å². The Morgan fingerprint density at radius 3 is 2.44 bits per heavy atom. The first kappa shape index (κ1) is 21.3. The Hall–Kier alpha value is -1.73. The Labute approximate surface area is 139 Å². The van der Waals surface area contributed by atoms with Crippen LogP contribution in [0.15, 0.2) is 12.2 Å². The van der Waals surface area contributed by atoms with Crippen LogP contribution in [0.25, 0.3) is 0 Å². The molecule has 1 fully saturated rings. The van der Waals surface area contributed by atoms with E-state index >= 15 is 0 Å². The van der Waals surface area contributed by atoms with Gasteiger partial charge in [-0.15, -0.1) is 0 Å². The largest absolute Gasteiger partial charge is 0.462 e. The Kier molecular flexibility index (Phi) is 6.53. The fourth-order valence-corrected chi connectivity index (χ4v) is 2.07. The molecule has 1 heterocycles. The zero-order valence-electron chi connectivity index (χ0n) is 12.5. The van der Waals surface area contributed by atoms with E-state index in [1.165, 1.54) is 0 Å². The van der Waals surface area contributed by atoms with E-state index in [2.05, 4.69) is 16.1 Å². The molecule has 0 aliphatic carbocycles. The van der Waals surface area contributed by atoms with Crippen molar-refractivity contribution in [1.82, 2.24) is 0 Å². The van der Waals surface area contributed by atoms with Crippen molar-refractivity contribution in [2.24, 2.45) is 0 Å². The molecule has 25 heavy (non-hydrogen) atoms. The molecule has 0 aromatic carbocycles. The van der Waals surface area contributed by atoms with Crippen LogP contribution < -0.4 is 0 Å². The highest BCUT2D eigenvalue weighted by molar-refractivity contribution is 7.87. The zero-order chi connectivity index (χ0) is 19.5. The summed E-state index contributed by atoms with van der Waals surface area (Å²) in [6, 6.07) is 0. The molecule has 1 aliphatic heterocycles. The molecular weight excluding hydrogens is 380 g/mol. The SMILES string of the molecule is C=C(COCCC(F)(F)C(F)(F)S(=O)(=O)O)C(=O)OC1COC(=O)C1. The summed E-state index contributed by atoms with van der Waals surface area (Å²) in [6.45, 7) is 1.38. The molecule has 1 atom stereocenters. The number of hydrogen-bond donors (Lipinski definition) is 1. The van der Waals surface area contributed by atoms with Crippen molar-refractivity contribution in [2.45, 2.75) is 30.1 Å². The van der Waals surface area contributed by atoms with Crippen molar-refractivity contribution < 1.29 is 54.3 Å². The number of hydrogen-bond acceptors (Lipinski definition) is 7. The van der Waals surface area contributed by atoms with Gasteiger partial charge in [0.05, 0.1) is 25.2 Å². The summed E-state index contributed by atoms with van der Waals surface area (Å²) in [4.78, 5) is 22.3. The summed E-state index contributed by atoms with van der Waals surface area (Å²) in [5.41, 5.74) is -0.343.